The summed E-state index contributed by atoms with van der Waals surface area (Å²) in [5.74, 6) is -0.976. The number of anilines is 1. The fourth-order valence-electron chi connectivity index (χ4n) is 5.66. The number of carboxylic acid groups (broad SMARTS) is 1. The van der Waals surface area contributed by atoms with Crippen LogP contribution in [0, 0.1) is 24.0 Å². The number of hydrogen-bond acceptors (Lipinski definition) is 6. The average Bonchev–Trinajstić information content (AvgIpc) is 3.52. The lowest BCUT2D eigenvalue weighted by molar-refractivity contribution is -0.384. The van der Waals surface area contributed by atoms with Crippen LogP contribution in [-0.4, -0.2) is 30.7 Å². The van der Waals surface area contributed by atoms with Gasteiger partial charge in [-0.25, -0.2) is 4.79 Å². The van der Waals surface area contributed by atoms with E-state index in [1.165, 1.54) is 23.9 Å². The van der Waals surface area contributed by atoms with E-state index in [1.54, 1.807) is 36.5 Å². The Labute approximate surface area is 263 Å². The number of aromatic nitrogens is 2. The van der Waals surface area contributed by atoms with Gasteiger partial charge in [0.1, 0.15) is 0 Å². The van der Waals surface area contributed by atoms with Crippen molar-refractivity contribution in [2.24, 2.45) is 0 Å². The minimum atomic E-state index is -0.976. The van der Waals surface area contributed by atoms with Crippen LogP contribution in [0.15, 0.2) is 113 Å². The van der Waals surface area contributed by atoms with Crippen molar-refractivity contribution in [3.05, 3.63) is 142 Å². The first-order chi connectivity index (χ1) is 21.2. The molecule has 2 N–H and O–H groups in total. The summed E-state index contributed by atoms with van der Waals surface area (Å²) in [5.41, 5.74) is 5.78. The molecular weight excluding hydrogens is 595 g/mol. The third-order valence-electron chi connectivity index (χ3n) is 7.64. The fraction of sp³-hybridized carbons (Fsp3) is 0.121. The molecule has 0 spiro atoms. The maximum atomic E-state index is 11.7. The zero-order chi connectivity index (χ0) is 31.0. The van der Waals surface area contributed by atoms with Crippen molar-refractivity contribution in [1.29, 1.82) is 0 Å². The normalized spacial score (nSPS) is 16.1. The molecule has 1 saturated heterocycles. The molecule has 0 unspecified atom stereocenters. The van der Waals surface area contributed by atoms with E-state index in [2.05, 4.69) is 25.8 Å². The molecule has 11 heteroatoms. The fourth-order valence-corrected chi connectivity index (χ4v) is 6.82. The van der Waals surface area contributed by atoms with Crippen LogP contribution >= 0.6 is 24.0 Å². The average molecular weight is 622 g/mol. The van der Waals surface area contributed by atoms with E-state index < -0.39 is 10.9 Å². The number of rotatable bonds is 8. The number of nitrogens with one attached hydrogen (secondary N) is 1. The van der Waals surface area contributed by atoms with Crippen LogP contribution in [0.2, 0.25) is 0 Å². The minimum absolute atomic E-state index is 0.0576. The van der Waals surface area contributed by atoms with Gasteiger partial charge in [0.15, 0.2) is 5.11 Å². The highest BCUT2D eigenvalue weighted by Crippen LogP contribution is 2.44. The predicted octanol–water partition coefficient (Wildman–Crippen LogP) is 7.42. The van der Waals surface area contributed by atoms with Crippen molar-refractivity contribution in [2.75, 3.05) is 4.90 Å². The summed E-state index contributed by atoms with van der Waals surface area (Å²) in [5, 5.41) is 24.7. The second kappa shape index (κ2) is 11.9. The summed E-state index contributed by atoms with van der Waals surface area (Å²) in [6, 6.07) is 28.9. The third kappa shape index (κ3) is 5.54. The molecule has 0 radical (unpaired) electrons. The molecule has 3 heterocycles. The molecule has 1 aliphatic heterocycles. The van der Waals surface area contributed by atoms with Gasteiger partial charge in [-0.3, -0.25) is 15.1 Å². The van der Waals surface area contributed by atoms with Gasteiger partial charge in [0.25, 0.3) is 5.69 Å². The number of nitro groups is 1. The van der Waals surface area contributed by atoms with Crippen molar-refractivity contribution in [1.82, 2.24) is 14.9 Å². The zero-order valence-corrected chi connectivity index (χ0v) is 25.4. The van der Waals surface area contributed by atoms with E-state index in [1.807, 2.05) is 62.4 Å². The molecule has 1 aliphatic rings. The number of thiocarbonyl (C=S) groups is 1. The van der Waals surface area contributed by atoms with Gasteiger partial charge in [0, 0.05) is 50.9 Å². The van der Waals surface area contributed by atoms with Gasteiger partial charge >= 0.3 is 5.97 Å². The van der Waals surface area contributed by atoms with Crippen LogP contribution in [0.5, 0.6) is 0 Å². The quantitative estimate of drug-likeness (QED) is 0.104. The molecule has 9 nitrogen and oxygen atoms in total. The molecule has 2 atom stereocenters. The van der Waals surface area contributed by atoms with Crippen molar-refractivity contribution >= 4 is 46.4 Å². The molecule has 6 rings (SSSR count). The predicted molar refractivity (Wildman–Crippen MR) is 174 cm³/mol. The summed E-state index contributed by atoms with van der Waals surface area (Å²) in [4.78, 5) is 30.9. The maximum absolute atomic E-state index is 11.7. The number of carboxylic acids is 1. The van der Waals surface area contributed by atoms with Crippen LogP contribution in [-0.2, 0) is 0 Å². The maximum Gasteiger partial charge on any atom is 0.335 e. The number of carbonyl (C=O) groups is 1. The first-order valence-corrected chi connectivity index (χ1v) is 15.0. The van der Waals surface area contributed by atoms with E-state index in [0.29, 0.717) is 5.11 Å². The summed E-state index contributed by atoms with van der Waals surface area (Å²) >= 11 is 7.44. The lowest BCUT2D eigenvalue weighted by atomic mass is 9.96. The van der Waals surface area contributed by atoms with Crippen LogP contribution in [0.25, 0.3) is 5.69 Å². The number of hydrogen-bond donors (Lipinski definition) is 2. The zero-order valence-electron chi connectivity index (χ0n) is 23.7. The minimum Gasteiger partial charge on any atom is -0.478 e. The molecule has 5 aromatic rings. The largest absolute Gasteiger partial charge is 0.478 e. The highest BCUT2D eigenvalue weighted by atomic mass is 32.2. The second-order valence-electron chi connectivity index (χ2n) is 10.4. The molecular formula is C33H27N5O4S2. The van der Waals surface area contributed by atoms with Gasteiger partial charge in [0.2, 0.25) is 0 Å². The van der Waals surface area contributed by atoms with Crippen LogP contribution in [0.4, 0.5) is 11.4 Å². The third-order valence-corrected chi connectivity index (χ3v) is 8.97. The number of non-ortho nitro benzene ring substituents is 1. The smallest absolute Gasteiger partial charge is 0.335 e. The van der Waals surface area contributed by atoms with Gasteiger partial charge in [-0.1, -0.05) is 23.9 Å². The van der Waals surface area contributed by atoms with Crippen molar-refractivity contribution in [3.63, 3.8) is 0 Å². The molecule has 2 aromatic heterocycles. The van der Waals surface area contributed by atoms with Crippen LogP contribution < -0.4 is 10.2 Å². The second-order valence-corrected chi connectivity index (χ2v) is 11.9. The van der Waals surface area contributed by atoms with Crippen LogP contribution in [0.1, 0.15) is 45.1 Å². The number of pyridine rings is 1. The Kier molecular flexibility index (Phi) is 7.90. The van der Waals surface area contributed by atoms with E-state index >= 15 is 0 Å². The first kappa shape index (κ1) is 29.1. The molecule has 0 bridgehead atoms. The Morgan fingerprint density at radius 1 is 0.955 bits per heavy atom. The standard InChI is InChI=1S/C33H27N5O4S2/c1-20-18-28(21(2)36(20)25-7-5-6-22(19-25)32(39)40)31-30(29-8-3-4-17-34-29)35-33(43)37(31)23-9-13-26(14-10-23)44-27-15-11-24(12-16-27)38(41)42/h3-19,30-31H,1-2H3,(H,35,43)(H,39,40)/t30-,31-/m0/s1. The highest BCUT2D eigenvalue weighted by molar-refractivity contribution is 7.99. The molecule has 3 aromatic carbocycles. The first-order valence-electron chi connectivity index (χ1n) is 13.8. The summed E-state index contributed by atoms with van der Waals surface area (Å²) < 4.78 is 2.07. The summed E-state index contributed by atoms with van der Waals surface area (Å²) in [6.07, 6.45) is 1.77. The van der Waals surface area contributed by atoms with E-state index in [-0.39, 0.29) is 23.3 Å². The Morgan fingerprint density at radius 2 is 1.66 bits per heavy atom. The van der Waals surface area contributed by atoms with E-state index in [9.17, 15) is 20.0 Å². The topological polar surface area (TPSA) is 114 Å². The molecule has 44 heavy (non-hydrogen) atoms. The monoisotopic (exact) mass is 621 g/mol. The Balaban J connectivity index is 1.38. The molecule has 0 aliphatic carbocycles. The molecule has 220 valence electrons. The number of nitrogens with zero attached hydrogens (tertiary/aromatic N) is 4. The van der Waals surface area contributed by atoms with Gasteiger partial charge in [0.05, 0.1) is 28.3 Å². The van der Waals surface area contributed by atoms with E-state index in [4.69, 9.17) is 12.2 Å². The SMILES string of the molecule is Cc1cc([C@H]2[C@H](c3ccccn3)NC(=S)N2c2ccc(Sc3ccc([N+](=O)[O-])cc3)cc2)c(C)n1-c1cccc(C(=O)O)c1. The summed E-state index contributed by atoms with van der Waals surface area (Å²) in [7, 11) is 0. The number of aromatic carboxylic acids is 1. The number of benzene rings is 3. The Bertz CT molecular complexity index is 1880. The highest BCUT2D eigenvalue weighted by Gasteiger charge is 2.42. The van der Waals surface area contributed by atoms with Crippen molar-refractivity contribution in [2.45, 2.75) is 35.7 Å². The van der Waals surface area contributed by atoms with Crippen molar-refractivity contribution in [3.8, 4) is 5.69 Å². The molecule has 0 amide bonds. The van der Waals surface area contributed by atoms with E-state index in [0.717, 1.165) is 43.8 Å². The lowest BCUT2D eigenvalue weighted by Crippen LogP contribution is -2.29. The Hall–Kier alpha value is -5.00. The van der Waals surface area contributed by atoms with Crippen LogP contribution in [0.3, 0.4) is 0 Å². The Morgan fingerprint density at radius 3 is 2.30 bits per heavy atom. The van der Waals surface area contributed by atoms with Gasteiger partial charge < -0.3 is 19.9 Å². The molecule has 1 fully saturated rings. The number of aryl methyl sites for hydroxylation is 1. The van der Waals surface area contributed by atoms with Crippen molar-refractivity contribution < 1.29 is 14.8 Å². The number of nitro benzene ring substituents is 1. The van der Waals surface area contributed by atoms with Gasteiger partial charge in [-0.2, -0.15) is 0 Å². The summed E-state index contributed by atoms with van der Waals surface area (Å²) in [6.45, 7) is 4.05. The lowest BCUT2D eigenvalue weighted by Gasteiger charge is -2.28. The van der Waals surface area contributed by atoms with Gasteiger partial charge in [-0.05, 0) is 104 Å². The molecule has 0 saturated carbocycles. The van der Waals surface area contributed by atoms with Gasteiger partial charge in [-0.15, -0.1) is 0 Å².